The summed E-state index contributed by atoms with van der Waals surface area (Å²) in [7, 11) is 2.20. The van der Waals surface area contributed by atoms with Gasteiger partial charge in [0, 0.05) is 37.4 Å². The molecule has 1 saturated heterocycles. The van der Waals surface area contributed by atoms with E-state index in [1.807, 2.05) is 10.9 Å². The Labute approximate surface area is 91.3 Å². The average molecular weight is 208 g/mol. The molecular weight excluding hydrogens is 188 g/mol. The van der Waals surface area contributed by atoms with Crippen LogP contribution in [0.1, 0.15) is 18.9 Å². The molecule has 1 aromatic rings. The van der Waals surface area contributed by atoms with Crippen molar-refractivity contribution in [3.8, 4) is 0 Å². The number of aryl methyl sites for hydroxylation is 1. The molecule has 2 heterocycles. The van der Waals surface area contributed by atoms with Crippen molar-refractivity contribution in [1.29, 1.82) is 0 Å². The van der Waals surface area contributed by atoms with Crippen molar-refractivity contribution in [1.82, 2.24) is 20.0 Å². The third-order valence-electron chi connectivity index (χ3n) is 3.10. The number of likely N-dealkylation sites (N-methyl/N-ethyl adjacent to an activating group) is 1. The van der Waals surface area contributed by atoms with Crippen molar-refractivity contribution in [2.45, 2.75) is 32.5 Å². The van der Waals surface area contributed by atoms with E-state index in [-0.39, 0.29) is 0 Å². The van der Waals surface area contributed by atoms with Gasteiger partial charge in [0.2, 0.25) is 0 Å². The standard InChI is InChI=1S/C11H20N4/c1-3-15-9-10(6-13-15)8-14(2)11-4-5-12-7-11/h6,9,11-12H,3-5,7-8H2,1-2H3. The average Bonchev–Trinajstić information content (AvgIpc) is 2.87. The summed E-state index contributed by atoms with van der Waals surface area (Å²) in [5.41, 5.74) is 1.31. The van der Waals surface area contributed by atoms with E-state index in [9.17, 15) is 0 Å². The number of hydrogen-bond acceptors (Lipinski definition) is 3. The van der Waals surface area contributed by atoms with Crippen LogP contribution >= 0.6 is 0 Å². The SMILES string of the molecule is CCn1cc(CN(C)C2CCNC2)cn1. The fourth-order valence-corrected chi connectivity index (χ4v) is 2.09. The summed E-state index contributed by atoms with van der Waals surface area (Å²) in [6.45, 7) is 6.35. The molecule has 4 heteroatoms. The quantitative estimate of drug-likeness (QED) is 0.790. The van der Waals surface area contributed by atoms with Crippen LogP contribution in [0.15, 0.2) is 12.4 Å². The molecule has 1 atom stereocenters. The Morgan fingerprint density at radius 3 is 3.13 bits per heavy atom. The monoisotopic (exact) mass is 208 g/mol. The molecule has 0 aliphatic carbocycles. The molecule has 1 aliphatic rings. The fraction of sp³-hybridized carbons (Fsp3) is 0.727. The van der Waals surface area contributed by atoms with E-state index in [1.54, 1.807) is 0 Å². The number of nitrogens with one attached hydrogen (secondary N) is 1. The van der Waals surface area contributed by atoms with Crippen LogP contribution in [0.2, 0.25) is 0 Å². The molecule has 0 spiro atoms. The van der Waals surface area contributed by atoms with Gasteiger partial charge >= 0.3 is 0 Å². The van der Waals surface area contributed by atoms with Crippen molar-refractivity contribution >= 4 is 0 Å². The largest absolute Gasteiger partial charge is 0.315 e. The molecule has 1 aliphatic heterocycles. The van der Waals surface area contributed by atoms with Crippen LogP contribution in [0.25, 0.3) is 0 Å². The van der Waals surface area contributed by atoms with Gasteiger partial charge in [-0.15, -0.1) is 0 Å². The van der Waals surface area contributed by atoms with Crippen LogP contribution in [0.4, 0.5) is 0 Å². The third kappa shape index (κ3) is 2.58. The first-order chi connectivity index (χ1) is 7.29. The molecule has 4 nitrogen and oxygen atoms in total. The van der Waals surface area contributed by atoms with Crippen molar-refractivity contribution in [2.24, 2.45) is 0 Å². The Bertz CT molecular complexity index is 301. The molecule has 1 unspecified atom stereocenters. The zero-order valence-corrected chi connectivity index (χ0v) is 9.61. The predicted octanol–water partition coefficient (Wildman–Crippen LogP) is 0.697. The Balaban J connectivity index is 1.89. The van der Waals surface area contributed by atoms with E-state index in [2.05, 4.69) is 35.5 Å². The Morgan fingerprint density at radius 2 is 2.53 bits per heavy atom. The normalized spacial score (nSPS) is 21.4. The summed E-state index contributed by atoms with van der Waals surface area (Å²) >= 11 is 0. The first kappa shape index (κ1) is 10.6. The molecule has 1 N–H and O–H groups in total. The van der Waals surface area contributed by atoms with Crippen LogP contribution in [-0.2, 0) is 13.1 Å². The number of rotatable bonds is 4. The van der Waals surface area contributed by atoms with Gasteiger partial charge < -0.3 is 5.32 Å². The van der Waals surface area contributed by atoms with E-state index in [1.165, 1.54) is 12.0 Å². The highest BCUT2D eigenvalue weighted by atomic mass is 15.3. The van der Waals surface area contributed by atoms with Gasteiger partial charge in [-0.25, -0.2) is 0 Å². The van der Waals surface area contributed by atoms with Crippen molar-refractivity contribution in [2.75, 3.05) is 20.1 Å². The lowest BCUT2D eigenvalue weighted by Crippen LogP contribution is -2.32. The van der Waals surface area contributed by atoms with Gasteiger partial charge in [-0.3, -0.25) is 9.58 Å². The smallest absolute Gasteiger partial charge is 0.0534 e. The van der Waals surface area contributed by atoms with Gasteiger partial charge in [-0.2, -0.15) is 5.10 Å². The first-order valence-corrected chi connectivity index (χ1v) is 5.72. The van der Waals surface area contributed by atoms with E-state index < -0.39 is 0 Å². The molecule has 84 valence electrons. The lowest BCUT2D eigenvalue weighted by atomic mass is 10.2. The van der Waals surface area contributed by atoms with Gasteiger partial charge in [-0.1, -0.05) is 0 Å². The van der Waals surface area contributed by atoms with Crippen LogP contribution in [0, 0.1) is 0 Å². The second-order valence-corrected chi connectivity index (χ2v) is 4.27. The third-order valence-corrected chi connectivity index (χ3v) is 3.10. The van der Waals surface area contributed by atoms with Crippen LogP contribution in [0.5, 0.6) is 0 Å². The molecule has 15 heavy (non-hydrogen) atoms. The summed E-state index contributed by atoms with van der Waals surface area (Å²) in [4.78, 5) is 2.41. The fourth-order valence-electron chi connectivity index (χ4n) is 2.09. The molecular formula is C11H20N4. The maximum Gasteiger partial charge on any atom is 0.0534 e. The zero-order chi connectivity index (χ0) is 10.7. The second-order valence-electron chi connectivity index (χ2n) is 4.27. The molecule has 0 amide bonds. The lowest BCUT2D eigenvalue weighted by molar-refractivity contribution is 0.249. The summed E-state index contributed by atoms with van der Waals surface area (Å²) < 4.78 is 1.98. The van der Waals surface area contributed by atoms with Gasteiger partial charge in [0.15, 0.2) is 0 Å². The maximum absolute atomic E-state index is 4.29. The summed E-state index contributed by atoms with van der Waals surface area (Å²) in [5.74, 6) is 0. The van der Waals surface area contributed by atoms with Crippen molar-refractivity contribution < 1.29 is 0 Å². The molecule has 1 aromatic heterocycles. The van der Waals surface area contributed by atoms with Gasteiger partial charge in [0.1, 0.15) is 0 Å². The Morgan fingerprint density at radius 1 is 1.67 bits per heavy atom. The van der Waals surface area contributed by atoms with E-state index in [4.69, 9.17) is 0 Å². The molecule has 0 aromatic carbocycles. The Hall–Kier alpha value is -0.870. The lowest BCUT2D eigenvalue weighted by Gasteiger charge is -2.22. The highest BCUT2D eigenvalue weighted by Gasteiger charge is 2.19. The molecule has 1 fully saturated rings. The van der Waals surface area contributed by atoms with E-state index in [0.717, 1.165) is 26.2 Å². The summed E-state index contributed by atoms with van der Waals surface area (Å²) in [5, 5.41) is 7.68. The van der Waals surface area contributed by atoms with Crippen LogP contribution < -0.4 is 5.32 Å². The minimum absolute atomic E-state index is 0.690. The topological polar surface area (TPSA) is 33.1 Å². The van der Waals surface area contributed by atoms with Crippen LogP contribution in [0.3, 0.4) is 0 Å². The first-order valence-electron chi connectivity index (χ1n) is 5.72. The van der Waals surface area contributed by atoms with Crippen molar-refractivity contribution in [3.63, 3.8) is 0 Å². The summed E-state index contributed by atoms with van der Waals surface area (Å²) in [6, 6.07) is 0.690. The van der Waals surface area contributed by atoms with E-state index >= 15 is 0 Å². The summed E-state index contributed by atoms with van der Waals surface area (Å²) in [6.07, 6.45) is 5.37. The minimum Gasteiger partial charge on any atom is -0.315 e. The molecule has 0 saturated carbocycles. The highest BCUT2D eigenvalue weighted by Crippen LogP contribution is 2.10. The van der Waals surface area contributed by atoms with Gasteiger partial charge in [-0.05, 0) is 26.9 Å². The second kappa shape index (κ2) is 4.77. The van der Waals surface area contributed by atoms with E-state index in [0.29, 0.717) is 6.04 Å². The predicted molar refractivity (Wildman–Crippen MR) is 60.6 cm³/mol. The molecule has 0 radical (unpaired) electrons. The maximum atomic E-state index is 4.29. The van der Waals surface area contributed by atoms with Crippen LogP contribution in [-0.4, -0.2) is 40.9 Å². The molecule has 0 bridgehead atoms. The van der Waals surface area contributed by atoms with Gasteiger partial charge in [0.05, 0.1) is 6.20 Å². The van der Waals surface area contributed by atoms with Crippen molar-refractivity contribution in [3.05, 3.63) is 18.0 Å². The molecule has 2 rings (SSSR count). The minimum atomic E-state index is 0.690. The number of aromatic nitrogens is 2. The van der Waals surface area contributed by atoms with Gasteiger partial charge in [0.25, 0.3) is 0 Å². The number of nitrogens with zero attached hydrogens (tertiary/aromatic N) is 3. The Kier molecular flexibility index (Phi) is 3.38. The highest BCUT2D eigenvalue weighted by molar-refractivity contribution is 5.04. The number of hydrogen-bond donors (Lipinski definition) is 1. The zero-order valence-electron chi connectivity index (χ0n) is 9.61.